The van der Waals surface area contributed by atoms with Gasteiger partial charge in [0.2, 0.25) is 118 Å². The number of hydrogen-bond donors (Lipinski definition) is 1. The molecule has 7 atom stereocenters. The minimum Gasteiger partial charge on any atom is -0.451 e. The fraction of sp³-hybridized carbons (Fsp3) is 0.678. The standard InChI is InChI=1S/C87H141N21O37/c1-30-80(129)138-53(2)81(130)139-54(3)82(131)140-55(4)83(132)141-56(5)84(133)142-57(6)85(134)143-58(7)86(135)144-59(8)87(136)145-108(28)52-79(128)107(27)51-78(127)106(26)50-77(126)105(25)49-76(125)104(24)48-75(124)103(23)47-74(123)102(22)46-73(122)101(21)45-72(121)100(20)44-71(120)99(19)43-70(119)98(18)42-69(118)97(17)41-68(117)96(16)40-67(116)95(15)39-66(115)94(14)38-65(114)93(13)37-64(113)92(12)36-63(112)91(11)35-62(111)90(10)34-61(110)89(9)33-60(109)88-31-32-137-29/h53-59H,30-52H2,1-29H3,(H,88,109). The summed E-state index contributed by atoms with van der Waals surface area (Å²) >= 11 is 0. The van der Waals surface area contributed by atoms with Gasteiger partial charge in [0.15, 0.2) is 42.7 Å². The largest absolute Gasteiger partial charge is 0.451 e. The molecule has 816 valence electrons. The van der Waals surface area contributed by atoms with E-state index in [0.29, 0.717) is 0 Å². The first kappa shape index (κ1) is 130. The van der Waals surface area contributed by atoms with E-state index in [1.807, 2.05) is 0 Å². The summed E-state index contributed by atoms with van der Waals surface area (Å²) in [5.41, 5.74) is 0. The number of esters is 7. The molecular weight excluding hydrogens is 1930 g/mol. The molecule has 20 amide bonds. The predicted molar refractivity (Wildman–Crippen MR) is 498 cm³/mol. The highest BCUT2D eigenvalue weighted by Gasteiger charge is 2.37. The van der Waals surface area contributed by atoms with Crippen molar-refractivity contribution in [3.63, 3.8) is 0 Å². The first-order chi connectivity index (χ1) is 67.0. The molecule has 0 fully saturated rings. The Hall–Kier alpha value is -14.9. The summed E-state index contributed by atoms with van der Waals surface area (Å²) in [5.74, 6) is -23.4. The second kappa shape index (κ2) is 63.2. The fourth-order valence-corrected chi connectivity index (χ4v) is 10.9. The number of carbonyl (C=O) groups excluding carboxylic acids is 28. The van der Waals surface area contributed by atoms with E-state index in [1.165, 1.54) is 155 Å². The number of hydroxylamine groups is 2. The average molecular weight is 2070 g/mol. The lowest BCUT2D eigenvalue weighted by atomic mass is 10.3. The van der Waals surface area contributed by atoms with Crippen LogP contribution in [0.2, 0.25) is 0 Å². The molecule has 0 radical (unpaired) electrons. The topological polar surface area (TPSA) is 638 Å². The summed E-state index contributed by atoms with van der Waals surface area (Å²) in [6, 6.07) is 0. The molecule has 0 aromatic rings. The van der Waals surface area contributed by atoms with E-state index in [2.05, 4.69) is 5.32 Å². The Morgan fingerprint density at radius 2 is 0.324 bits per heavy atom. The highest BCUT2D eigenvalue weighted by atomic mass is 16.7. The highest BCUT2D eigenvalue weighted by molar-refractivity contribution is 5.98. The summed E-state index contributed by atoms with van der Waals surface area (Å²) in [7, 11) is 26.7. The van der Waals surface area contributed by atoms with Crippen molar-refractivity contribution in [1.82, 2.24) is 103 Å². The molecule has 0 aliphatic carbocycles. The van der Waals surface area contributed by atoms with Gasteiger partial charge in [0, 0.05) is 161 Å². The maximum absolute atomic E-state index is 13.2. The van der Waals surface area contributed by atoms with Crippen molar-refractivity contribution >= 4 is 166 Å². The van der Waals surface area contributed by atoms with Gasteiger partial charge < -0.3 is 141 Å². The van der Waals surface area contributed by atoms with Crippen molar-refractivity contribution in [2.45, 2.75) is 105 Å². The average Bonchev–Trinajstić information content (AvgIpc) is 0.862. The third-order valence-electron chi connectivity index (χ3n) is 21.1. The van der Waals surface area contributed by atoms with Crippen molar-refractivity contribution in [1.29, 1.82) is 0 Å². The maximum Gasteiger partial charge on any atom is 0.365 e. The van der Waals surface area contributed by atoms with Crippen LogP contribution in [0.3, 0.4) is 0 Å². The number of nitrogens with zero attached hydrogens (tertiary/aromatic N) is 20. The third-order valence-corrected chi connectivity index (χ3v) is 21.1. The van der Waals surface area contributed by atoms with Crippen LogP contribution in [0.1, 0.15) is 61.8 Å². The molecule has 0 aromatic heterocycles. The Bertz CT molecular complexity index is 4670. The van der Waals surface area contributed by atoms with E-state index in [9.17, 15) is 134 Å². The van der Waals surface area contributed by atoms with Crippen LogP contribution in [0.15, 0.2) is 0 Å². The van der Waals surface area contributed by atoms with Crippen molar-refractivity contribution < 1.29 is 177 Å². The monoisotopic (exact) mass is 2070 g/mol. The molecule has 0 aromatic carbocycles. The van der Waals surface area contributed by atoms with E-state index < -0.39 is 333 Å². The minimum atomic E-state index is -1.73. The van der Waals surface area contributed by atoms with Gasteiger partial charge in [-0.2, -0.15) is 0 Å². The van der Waals surface area contributed by atoms with Gasteiger partial charge >= 0.3 is 47.8 Å². The SMILES string of the molecule is CCC(=O)OC(C)C(=O)OC(C)C(=O)OC(C)C(=O)OC(C)C(=O)OC(C)C(=O)OC(C)C(=O)OC(C)C(=O)ON(C)CC(=O)N(C)CC(=O)N(C)CC(=O)N(C)CC(=O)N(C)CC(=O)N(C)CC(=O)N(C)CC(=O)N(C)CC(=O)N(C)CC(=O)N(C)CC(=O)N(C)CC(=O)N(C)CC(=O)N(C)CC(=O)N(C)CC(=O)N(C)CC(=O)N(C)CC(=O)N(C)CC(=O)N(C)CC(=O)N(C)CC(=O)N(C)CC(=O)NCCOC. The van der Waals surface area contributed by atoms with Gasteiger partial charge in [-0.15, -0.1) is 5.06 Å². The molecule has 58 nitrogen and oxygen atoms in total. The molecule has 0 aliphatic rings. The van der Waals surface area contributed by atoms with E-state index >= 15 is 0 Å². The van der Waals surface area contributed by atoms with Crippen LogP contribution in [-0.4, -0.2) is 599 Å². The Morgan fingerprint density at radius 3 is 0.469 bits per heavy atom. The van der Waals surface area contributed by atoms with Crippen molar-refractivity contribution in [2.24, 2.45) is 0 Å². The number of amides is 20. The molecule has 0 aliphatic heterocycles. The van der Waals surface area contributed by atoms with E-state index in [0.717, 1.165) is 147 Å². The van der Waals surface area contributed by atoms with Gasteiger partial charge in [0.05, 0.1) is 131 Å². The van der Waals surface area contributed by atoms with Gasteiger partial charge in [-0.1, -0.05) is 6.92 Å². The zero-order chi connectivity index (χ0) is 112. The summed E-state index contributed by atoms with van der Waals surface area (Å²) in [6.07, 6.45) is -11.5. The summed E-state index contributed by atoms with van der Waals surface area (Å²) in [6.45, 7) is -1.31. The lowest BCUT2D eigenvalue weighted by Gasteiger charge is -2.28. The number of carbonyl (C=O) groups is 28. The molecule has 1 N–H and O–H groups in total. The molecule has 0 bridgehead atoms. The van der Waals surface area contributed by atoms with Crippen molar-refractivity contribution in [3.05, 3.63) is 0 Å². The smallest absolute Gasteiger partial charge is 0.365 e. The fourth-order valence-electron chi connectivity index (χ4n) is 10.9. The molecule has 0 rings (SSSR count). The third kappa shape index (κ3) is 48.1. The Morgan fingerprint density at radius 1 is 0.193 bits per heavy atom. The van der Waals surface area contributed by atoms with E-state index in [4.69, 9.17) is 42.7 Å². The van der Waals surface area contributed by atoms with Gasteiger partial charge in [-0.05, 0) is 48.5 Å². The Kier molecular flexibility index (Phi) is 56.7. The highest BCUT2D eigenvalue weighted by Crippen LogP contribution is 2.13. The second-order valence-electron chi connectivity index (χ2n) is 34.2. The lowest BCUT2D eigenvalue weighted by molar-refractivity contribution is -0.202. The van der Waals surface area contributed by atoms with Crippen LogP contribution in [0.5, 0.6) is 0 Å². The molecule has 58 heteroatoms. The van der Waals surface area contributed by atoms with Crippen LogP contribution in [-0.2, 0) is 177 Å². The van der Waals surface area contributed by atoms with Crippen LogP contribution in [0.4, 0.5) is 0 Å². The Labute approximate surface area is 839 Å². The zero-order valence-electron chi connectivity index (χ0n) is 87.9. The number of hydrogen-bond acceptors (Lipinski definition) is 38. The van der Waals surface area contributed by atoms with Crippen LogP contribution >= 0.6 is 0 Å². The van der Waals surface area contributed by atoms with Crippen LogP contribution in [0, 0.1) is 0 Å². The number of nitrogens with one attached hydrogen (secondary N) is 1. The summed E-state index contributed by atoms with van der Waals surface area (Å²) in [5, 5.41) is 3.31. The minimum absolute atomic E-state index is 0.0326. The molecule has 0 saturated heterocycles. The quantitative estimate of drug-likeness (QED) is 0.0256. The number of likely N-dealkylation sites (N-methyl/N-ethyl adjacent to an activating group) is 20. The van der Waals surface area contributed by atoms with Gasteiger partial charge in [0.1, 0.15) is 6.54 Å². The van der Waals surface area contributed by atoms with Gasteiger partial charge in [-0.3, -0.25) is 101 Å². The van der Waals surface area contributed by atoms with Crippen molar-refractivity contribution in [3.8, 4) is 0 Å². The van der Waals surface area contributed by atoms with Gasteiger partial charge in [0.25, 0.3) is 0 Å². The summed E-state index contributed by atoms with van der Waals surface area (Å²) in [4.78, 5) is 385. The maximum atomic E-state index is 13.2. The molecular formula is C87H141N21O37. The number of methoxy groups -OCH3 is 1. The lowest BCUT2D eigenvalue weighted by Crippen LogP contribution is -2.50. The zero-order valence-corrected chi connectivity index (χ0v) is 87.9. The normalized spacial score (nSPS) is 12.1. The summed E-state index contributed by atoms with van der Waals surface area (Å²) < 4.78 is 39.5. The van der Waals surface area contributed by atoms with E-state index in [-0.39, 0.29) is 26.1 Å². The first-order valence-corrected chi connectivity index (χ1v) is 44.7. The van der Waals surface area contributed by atoms with E-state index in [1.54, 1.807) is 0 Å². The number of rotatable bonds is 59. The van der Waals surface area contributed by atoms with Crippen molar-refractivity contribution in [2.75, 3.05) is 292 Å². The van der Waals surface area contributed by atoms with Crippen LogP contribution in [0.25, 0.3) is 0 Å². The van der Waals surface area contributed by atoms with Gasteiger partial charge in [-0.25, -0.2) is 33.6 Å². The molecule has 0 saturated carbocycles. The first-order valence-electron chi connectivity index (χ1n) is 44.7. The Balaban J connectivity index is 5.07. The predicted octanol–water partition coefficient (Wildman–Crippen LogP) is -11.2. The number of ether oxygens (including phenoxy) is 8. The molecule has 0 heterocycles. The molecule has 0 spiro atoms. The molecule has 145 heavy (non-hydrogen) atoms. The van der Waals surface area contributed by atoms with Crippen LogP contribution < -0.4 is 5.32 Å². The molecule has 7 unspecified atom stereocenters. The second-order valence-corrected chi connectivity index (χ2v) is 34.2.